The molecule has 1 unspecified atom stereocenters. The lowest BCUT2D eigenvalue weighted by Crippen LogP contribution is -2.29. The number of anilines is 1. The molecule has 1 fully saturated rings. The molecule has 0 aliphatic carbocycles. The third kappa shape index (κ3) is 4.04. The normalized spacial score (nSPS) is 17.5. The van der Waals surface area contributed by atoms with E-state index in [9.17, 15) is 19.1 Å². The summed E-state index contributed by atoms with van der Waals surface area (Å²) in [6.45, 7) is 0. The van der Waals surface area contributed by atoms with Gasteiger partial charge in [0.05, 0.1) is 33.8 Å². The summed E-state index contributed by atoms with van der Waals surface area (Å²) >= 11 is 18.3. The Morgan fingerprint density at radius 1 is 1.09 bits per heavy atom. The standard InChI is InChI=1S/C23H14Cl3FN2O4/c1-33-22-15(25)7-12(8-16(22)26)20(30)18-19(11-3-2-6-28-10-11)29(23(32)21(18)31)13-4-5-17(27)14(24)9-13/h2-10,19,30H,1H3/b20-18+. The van der Waals surface area contributed by atoms with Crippen molar-refractivity contribution in [3.63, 3.8) is 0 Å². The molecule has 0 saturated carbocycles. The first-order chi connectivity index (χ1) is 15.7. The van der Waals surface area contributed by atoms with Crippen LogP contribution in [0.3, 0.4) is 0 Å². The maximum atomic E-state index is 13.7. The van der Waals surface area contributed by atoms with Crippen LogP contribution in [0, 0.1) is 5.82 Å². The lowest BCUT2D eigenvalue weighted by atomic mass is 9.96. The Balaban J connectivity index is 1.96. The van der Waals surface area contributed by atoms with Crippen LogP contribution in [0.2, 0.25) is 15.1 Å². The van der Waals surface area contributed by atoms with Gasteiger partial charge in [0.2, 0.25) is 0 Å². The molecule has 168 valence electrons. The maximum absolute atomic E-state index is 13.7. The molecule has 1 atom stereocenters. The molecule has 4 rings (SSSR count). The first-order valence-electron chi connectivity index (χ1n) is 9.44. The fraction of sp³-hybridized carbons (Fsp3) is 0.0870. The summed E-state index contributed by atoms with van der Waals surface area (Å²) < 4.78 is 18.9. The molecule has 1 N–H and O–H groups in total. The number of methoxy groups -OCH3 is 1. The number of carbonyl (C=O) groups excluding carboxylic acids is 2. The van der Waals surface area contributed by atoms with Gasteiger partial charge in [-0.3, -0.25) is 19.5 Å². The highest BCUT2D eigenvalue weighted by atomic mass is 35.5. The topological polar surface area (TPSA) is 79.7 Å². The summed E-state index contributed by atoms with van der Waals surface area (Å²) in [6.07, 6.45) is 2.98. The van der Waals surface area contributed by atoms with E-state index in [1.54, 1.807) is 12.1 Å². The summed E-state index contributed by atoms with van der Waals surface area (Å²) in [5, 5.41) is 11.1. The zero-order valence-corrected chi connectivity index (χ0v) is 19.1. The number of aromatic nitrogens is 1. The number of rotatable bonds is 4. The van der Waals surface area contributed by atoms with Gasteiger partial charge in [-0.2, -0.15) is 0 Å². The fourth-order valence-corrected chi connectivity index (χ4v) is 4.45. The van der Waals surface area contributed by atoms with Gasteiger partial charge in [-0.15, -0.1) is 0 Å². The van der Waals surface area contributed by atoms with Crippen molar-refractivity contribution in [3.8, 4) is 5.75 Å². The third-order valence-electron chi connectivity index (χ3n) is 5.10. The predicted molar refractivity (Wildman–Crippen MR) is 123 cm³/mol. The lowest BCUT2D eigenvalue weighted by Gasteiger charge is -2.25. The Bertz CT molecular complexity index is 1290. The Morgan fingerprint density at radius 3 is 2.36 bits per heavy atom. The van der Waals surface area contributed by atoms with Crippen LogP contribution >= 0.6 is 34.8 Å². The quantitative estimate of drug-likeness (QED) is 0.274. The Labute approximate surface area is 202 Å². The van der Waals surface area contributed by atoms with Gasteiger partial charge in [-0.05, 0) is 42.0 Å². The highest BCUT2D eigenvalue weighted by molar-refractivity contribution is 6.52. The molecular weight excluding hydrogens is 494 g/mol. The average Bonchev–Trinajstić information content (AvgIpc) is 3.06. The molecule has 0 spiro atoms. The van der Waals surface area contributed by atoms with E-state index in [-0.39, 0.29) is 37.6 Å². The van der Waals surface area contributed by atoms with E-state index < -0.39 is 29.3 Å². The van der Waals surface area contributed by atoms with Crippen molar-refractivity contribution in [1.29, 1.82) is 0 Å². The number of amides is 1. The van der Waals surface area contributed by atoms with E-state index >= 15 is 0 Å². The number of aliphatic hydroxyl groups excluding tert-OH is 1. The van der Waals surface area contributed by atoms with Gasteiger partial charge in [-0.25, -0.2) is 4.39 Å². The molecule has 1 amide bonds. The number of hydrogen-bond donors (Lipinski definition) is 1. The molecule has 1 aromatic heterocycles. The second-order valence-electron chi connectivity index (χ2n) is 7.03. The van der Waals surface area contributed by atoms with Crippen LogP contribution in [0.4, 0.5) is 10.1 Å². The average molecular weight is 508 g/mol. The van der Waals surface area contributed by atoms with E-state index in [4.69, 9.17) is 39.5 Å². The van der Waals surface area contributed by atoms with Crippen LogP contribution < -0.4 is 9.64 Å². The SMILES string of the molecule is COc1c(Cl)cc(/C(O)=C2\C(=O)C(=O)N(c3ccc(F)c(Cl)c3)C2c2cccnc2)cc1Cl. The van der Waals surface area contributed by atoms with Crippen LogP contribution in [0.1, 0.15) is 17.2 Å². The van der Waals surface area contributed by atoms with Crippen LogP contribution in [0.25, 0.3) is 5.76 Å². The monoisotopic (exact) mass is 506 g/mol. The summed E-state index contributed by atoms with van der Waals surface area (Å²) in [7, 11) is 1.38. The molecule has 0 radical (unpaired) electrons. The van der Waals surface area contributed by atoms with Gasteiger partial charge < -0.3 is 9.84 Å². The van der Waals surface area contributed by atoms with Crippen LogP contribution in [0.5, 0.6) is 5.75 Å². The predicted octanol–water partition coefficient (Wildman–Crippen LogP) is 5.82. The van der Waals surface area contributed by atoms with Crippen molar-refractivity contribution in [2.75, 3.05) is 12.0 Å². The van der Waals surface area contributed by atoms with E-state index in [0.29, 0.717) is 5.56 Å². The molecular formula is C23H14Cl3FN2O4. The van der Waals surface area contributed by atoms with Crippen LogP contribution in [-0.2, 0) is 9.59 Å². The number of ketones is 1. The second-order valence-corrected chi connectivity index (χ2v) is 8.25. The van der Waals surface area contributed by atoms with Gasteiger partial charge >= 0.3 is 0 Å². The van der Waals surface area contributed by atoms with E-state index in [0.717, 1.165) is 11.0 Å². The van der Waals surface area contributed by atoms with Gasteiger partial charge in [-0.1, -0.05) is 40.9 Å². The van der Waals surface area contributed by atoms with Crippen molar-refractivity contribution < 1.29 is 23.8 Å². The third-order valence-corrected chi connectivity index (χ3v) is 5.95. The number of Topliss-reactive ketones (excluding diaryl/α,β-unsaturated/α-hetero) is 1. The summed E-state index contributed by atoms with van der Waals surface area (Å²) in [5.41, 5.74) is 0.493. The number of aliphatic hydroxyl groups is 1. The molecule has 6 nitrogen and oxygen atoms in total. The molecule has 1 aliphatic heterocycles. The lowest BCUT2D eigenvalue weighted by molar-refractivity contribution is -0.132. The summed E-state index contributed by atoms with van der Waals surface area (Å²) in [4.78, 5) is 31.4. The summed E-state index contributed by atoms with van der Waals surface area (Å²) in [6, 6.07) is 8.55. The highest BCUT2D eigenvalue weighted by Gasteiger charge is 2.47. The Hall–Kier alpha value is -3.13. The second kappa shape index (κ2) is 9.02. The van der Waals surface area contributed by atoms with Crippen molar-refractivity contribution in [2.24, 2.45) is 0 Å². The maximum Gasteiger partial charge on any atom is 0.300 e. The van der Waals surface area contributed by atoms with Crippen LogP contribution in [0.15, 0.2) is 60.4 Å². The number of ether oxygens (including phenoxy) is 1. The number of nitrogens with zero attached hydrogens (tertiary/aromatic N) is 2. The first kappa shape index (κ1) is 23.0. The number of pyridine rings is 1. The molecule has 1 saturated heterocycles. The molecule has 0 bridgehead atoms. The van der Waals surface area contributed by atoms with Crippen LogP contribution in [-0.4, -0.2) is 28.9 Å². The zero-order chi connectivity index (χ0) is 23.9. The van der Waals surface area contributed by atoms with Gasteiger partial charge in [0, 0.05) is 23.6 Å². The van der Waals surface area contributed by atoms with E-state index in [2.05, 4.69) is 4.98 Å². The minimum atomic E-state index is -1.07. The first-order valence-corrected chi connectivity index (χ1v) is 10.6. The Morgan fingerprint density at radius 2 is 1.79 bits per heavy atom. The van der Waals surface area contributed by atoms with Gasteiger partial charge in [0.15, 0.2) is 5.75 Å². The zero-order valence-electron chi connectivity index (χ0n) is 16.9. The number of hydrogen-bond acceptors (Lipinski definition) is 5. The molecule has 33 heavy (non-hydrogen) atoms. The minimum Gasteiger partial charge on any atom is -0.507 e. The van der Waals surface area contributed by atoms with Crippen molar-refractivity contribution in [2.45, 2.75) is 6.04 Å². The van der Waals surface area contributed by atoms with Crippen molar-refractivity contribution in [1.82, 2.24) is 4.98 Å². The molecule has 2 heterocycles. The van der Waals surface area contributed by atoms with Crippen molar-refractivity contribution >= 4 is 57.9 Å². The van der Waals surface area contributed by atoms with Crippen molar-refractivity contribution in [3.05, 3.63) is 92.4 Å². The van der Waals surface area contributed by atoms with Gasteiger partial charge in [0.1, 0.15) is 11.6 Å². The van der Waals surface area contributed by atoms with Gasteiger partial charge in [0.25, 0.3) is 11.7 Å². The van der Waals surface area contributed by atoms with E-state index in [1.807, 2.05) is 0 Å². The number of halogens is 4. The van der Waals surface area contributed by atoms with E-state index in [1.165, 1.54) is 43.8 Å². The highest BCUT2D eigenvalue weighted by Crippen LogP contribution is 2.44. The fourth-order valence-electron chi connectivity index (χ4n) is 3.63. The molecule has 1 aliphatic rings. The molecule has 2 aromatic carbocycles. The molecule has 10 heteroatoms. The molecule has 3 aromatic rings. The number of benzene rings is 2. The largest absolute Gasteiger partial charge is 0.507 e. The smallest absolute Gasteiger partial charge is 0.300 e. The number of carbonyl (C=O) groups is 2. The minimum absolute atomic E-state index is 0.101. The summed E-state index contributed by atoms with van der Waals surface area (Å²) in [5.74, 6) is -2.87. The Kier molecular flexibility index (Phi) is 6.30.